The maximum absolute atomic E-state index is 11.2. The zero-order chi connectivity index (χ0) is 14.9. The molecule has 2 atom stereocenters. The number of benzene rings is 1. The van der Waals surface area contributed by atoms with Crippen molar-refractivity contribution in [3.05, 3.63) is 28.3 Å². The van der Waals surface area contributed by atoms with Crippen molar-refractivity contribution in [3.8, 4) is 5.75 Å². The predicted molar refractivity (Wildman–Crippen MR) is 76.3 cm³/mol. The molecule has 6 nitrogen and oxygen atoms in total. The number of hydrogen-bond acceptors (Lipinski definition) is 5. The largest absolute Gasteiger partial charge is 0.490 e. The molecule has 1 aliphatic carbocycles. The first-order valence-electron chi connectivity index (χ1n) is 6.52. The van der Waals surface area contributed by atoms with Crippen molar-refractivity contribution in [1.29, 1.82) is 0 Å². The van der Waals surface area contributed by atoms with E-state index < -0.39 is 4.92 Å². The minimum absolute atomic E-state index is 0.0216. The lowest BCUT2D eigenvalue weighted by atomic mass is 9.64. The van der Waals surface area contributed by atoms with Gasteiger partial charge in [-0.1, -0.05) is 19.9 Å². The van der Waals surface area contributed by atoms with Crippen LogP contribution in [-0.2, 0) is 4.74 Å². The minimum atomic E-state index is -0.416. The molecule has 0 bridgehead atoms. The highest BCUT2D eigenvalue weighted by molar-refractivity contribution is 5.69. The highest BCUT2D eigenvalue weighted by Gasteiger charge is 2.49. The van der Waals surface area contributed by atoms with E-state index in [2.05, 4.69) is 19.2 Å². The molecule has 0 aromatic heterocycles. The van der Waals surface area contributed by atoms with E-state index in [1.54, 1.807) is 25.3 Å². The van der Waals surface area contributed by atoms with Gasteiger partial charge in [-0.05, 0) is 18.6 Å². The summed E-state index contributed by atoms with van der Waals surface area (Å²) in [5.41, 5.74) is 0.403. The Hall–Kier alpha value is -1.82. The Morgan fingerprint density at radius 3 is 2.60 bits per heavy atom. The third-order valence-electron chi connectivity index (χ3n) is 4.19. The average molecular weight is 280 g/mol. The van der Waals surface area contributed by atoms with Crippen molar-refractivity contribution in [1.82, 2.24) is 0 Å². The van der Waals surface area contributed by atoms with Crippen LogP contribution in [0.5, 0.6) is 5.75 Å². The van der Waals surface area contributed by atoms with Gasteiger partial charge in [0.25, 0.3) is 0 Å². The monoisotopic (exact) mass is 280 g/mol. The van der Waals surface area contributed by atoms with Crippen LogP contribution < -0.4 is 10.1 Å². The maximum Gasteiger partial charge on any atom is 0.333 e. The first kappa shape index (κ1) is 14.6. The number of nitrogens with one attached hydrogen (secondary N) is 1. The summed E-state index contributed by atoms with van der Waals surface area (Å²) in [6.07, 6.45) is 1.00. The smallest absolute Gasteiger partial charge is 0.333 e. The number of nitro benzene ring substituents is 1. The third-order valence-corrected chi connectivity index (χ3v) is 4.19. The normalized spacial score (nSPS) is 23.8. The molecule has 1 aliphatic rings. The fraction of sp³-hybridized carbons (Fsp3) is 0.571. The second-order valence-electron chi connectivity index (χ2n) is 5.59. The number of hydrogen-bond donors (Lipinski definition) is 1. The van der Waals surface area contributed by atoms with E-state index in [1.165, 1.54) is 7.11 Å². The van der Waals surface area contributed by atoms with Crippen LogP contribution in [0, 0.1) is 15.5 Å². The van der Waals surface area contributed by atoms with E-state index in [0.717, 1.165) is 6.42 Å². The Morgan fingerprint density at radius 1 is 1.40 bits per heavy atom. The van der Waals surface area contributed by atoms with Gasteiger partial charge in [0, 0.05) is 18.6 Å². The van der Waals surface area contributed by atoms with Crippen LogP contribution in [0.15, 0.2) is 18.2 Å². The van der Waals surface area contributed by atoms with Crippen LogP contribution >= 0.6 is 0 Å². The number of nitro groups is 1. The van der Waals surface area contributed by atoms with E-state index in [-0.39, 0.29) is 29.0 Å². The highest BCUT2D eigenvalue weighted by Crippen LogP contribution is 2.45. The molecule has 0 radical (unpaired) electrons. The second-order valence-corrected chi connectivity index (χ2v) is 5.59. The van der Waals surface area contributed by atoms with Crippen molar-refractivity contribution in [2.24, 2.45) is 5.41 Å². The van der Waals surface area contributed by atoms with Gasteiger partial charge in [-0.15, -0.1) is 0 Å². The standard InChI is InChI=1S/C14H20N2O4/c1-14(2)11(8-12(14)20-4)15-9-6-5-7-10(19-3)13(9)16(17)18/h5-7,11-12,15H,8H2,1-4H3. The quantitative estimate of drug-likeness (QED) is 0.663. The number of para-hydroxylation sites is 1. The summed E-state index contributed by atoms with van der Waals surface area (Å²) in [7, 11) is 3.12. The van der Waals surface area contributed by atoms with E-state index in [1.807, 2.05) is 0 Å². The Bertz CT molecular complexity index is 516. The first-order valence-corrected chi connectivity index (χ1v) is 6.52. The summed E-state index contributed by atoms with van der Waals surface area (Å²) in [6.45, 7) is 4.18. The van der Waals surface area contributed by atoms with Crippen LogP contribution in [0.25, 0.3) is 0 Å². The van der Waals surface area contributed by atoms with E-state index in [9.17, 15) is 10.1 Å². The number of anilines is 1. The van der Waals surface area contributed by atoms with Crippen LogP contribution in [0.4, 0.5) is 11.4 Å². The van der Waals surface area contributed by atoms with Crippen LogP contribution in [-0.4, -0.2) is 31.3 Å². The second kappa shape index (κ2) is 5.28. The maximum atomic E-state index is 11.2. The molecule has 110 valence electrons. The topological polar surface area (TPSA) is 73.6 Å². The first-order chi connectivity index (χ1) is 9.41. The summed E-state index contributed by atoms with van der Waals surface area (Å²) < 4.78 is 10.5. The molecule has 0 saturated heterocycles. The molecule has 2 unspecified atom stereocenters. The summed E-state index contributed by atoms with van der Waals surface area (Å²) in [6, 6.07) is 5.18. The van der Waals surface area contributed by atoms with Gasteiger partial charge in [-0.3, -0.25) is 10.1 Å². The van der Waals surface area contributed by atoms with Gasteiger partial charge in [0.2, 0.25) is 0 Å². The molecular weight excluding hydrogens is 260 g/mol. The van der Waals surface area contributed by atoms with Gasteiger partial charge in [-0.25, -0.2) is 0 Å². The van der Waals surface area contributed by atoms with Crippen molar-refractivity contribution >= 4 is 11.4 Å². The molecule has 1 aromatic carbocycles. The van der Waals surface area contributed by atoms with Gasteiger partial charge in [0.05, 0.1) is 18.1 Å². The summed E-state index contributed by atoms with van der Waals surface area (Å²) in [5, 5.41) is 14.5. The van der Waals surface area contributed by atoms with Gasteiger partial charge >= 0.3 is 5.69 Å². The molecule has 0 amide bonds. The zero-order valence-corrected chi connectivity index (χ0v) is 12.2. The number of nitrogens with zero attached hydrogens (tertiary/aromatic N) is 1. The van der Waals surface area contributed by atoms with Crippen LogP contribution in [0.2, 0.25) is 0 Å². The molecule has 1 aromatic rings. The Kier molecular flexibility index (Phi) is 3.85. The molecule has 0 heterocycles. The summed E-state index contributed by atoms with van der Waals surface area (Å²) >= 11 is 0. The summed E-state index contributed by atoms with van der Waals surface area (Å²) in [5.74, 6) is 0.264. The lowest BCUT2D eigenvalue weighted by Crippen LogP contribution is -2.57. The lowest BCUT2D eigenvalue weighted by molar-refractivity contribution is -0.384. The number of rotatable bonds is 5. The average Bonchev–Trinajstić information content (AvgIpc) is 2.42. The molecular formula is C14H20N2O4. The van der Waals surface area contributed by atoms with E-state index >= 15 is 0 Å². The molecule has 0 aliphatic heterocycles. The fourth-order valence-corrected chi connectivity index (χ4v) is 2.71. The van der Waals surface area contributed by atoms with E-state index in [4.69, 9.17) is 9.47 Å². The molecule has 1 N–H and O–H groups in total. The number of methoxy groups -OCH3 is 2. The van der Waals surface area contributed by atoms with Gasteiger partial charge in [0.15, 0.2) is 5.75 Å². The molecule has 6 heteroatoms. The molecule has 1 saturated carbocycles. The van der Waals surface area contributed by atoms with Crippen molar-refractivity contribution in [2.75, 3.05) is 19.5 Å². The Labute approximate surface area is 118 Å². The molecule has 2 rings (SSSR count). The Morgan fingerprint density at radius 2 is 2.10 bits per heavy atom. The molecule has 20 heavy (non-hydrogen) atoms. The fourth-order valence-electron chi connectivity index (χ4n) is 2.71. The van der Waals surface area contributed by atoms with E-state index in [0.29, 0.717) is 5.69 Å². The van der Waals surface area contributed by atoms with Crippen molar-refractivity contribution in [3.63, 3.8) is 0 Å². The number of ether oxygens (including phenoxy) is 2. The van der Waals surface area contributed by atoms with Crippen molar-refractivity contribution < 1.29 is 14.4 Å². The molecule has 0 spiro atoms. The lowest BCUT2D eigenvalue weighted by Gasteiger charge is -2.51. The van der Waals surface area contributed by atoms with Gasteiger partial charge in [-0.2, -0.15) is 0 Å². The third kappa shape index (κ3) is 2.31. The SMILES string of the molecule is COc1cccc(NC2CC(OC)C2(C)C)c1[N+](=O)[O-]. The van der Waals surface area contributed by atoms with Gasteiger partial charge in [0.1, 0.15) is 5.69 Å². The van der Waals surface area contributed by atoms with Crippen LogP contribution in [0.1, 0.15) is 20.3 Å². The van der Waals surface area contributed by atoms with Crippen molar-refractivity contribution in [2.45, 2.75) is 32.4 Å². The molecule has 1 fully saturated rings. The summed E-state index contributed by atoms with van der Waals surface area (Å²) in [4.78, 5) is 10.8. The van der Waals surface area contributed by atoms with Gasteiger partial charge < -0.3 is 14.8 Å². The highest BCUT2D eigenvalue weighted by atomic mass is 16.6. The Balaban J connectivity index is 2.25. The predicted octanol–water partition coefficient (Wildman–Crippen LogP) is 2.83. The van der Waals surface area contributed by atoms with Crippen LogP contribution in [0.3, 0.4) is 0 Å². The minimum Gasteiger partial charge on any atom is -0.490 e. The zero-order valence-electron chi connectivity index (χ0n) is 12.2.